The molecule has 0 bridgehead atoms. The molecular weight excluding hydrogens is 359 g/mol. The molecule has 0 N–H and O–H groups in total. The molecule has 2 amide bonds. The van der Waals surface area contributed by atoms with E-state index in [0.717, 1.165) is 18.4 Å². The van der Waals surface area contributed by atoms with Crippen molar-refractivity contribution in [1.29, 1.82) is 0 Å². The van der Waals surface area contributed by atoms with Gasteiger partial charge in [-0.2, -0.15) is 0 Å². The van der Waals surface area contributed by atoms with Crippen molar-refractivity contribution in [3.8, 4) is 5.75 Å². The van der Waals surface area contributed by atoms with Crippen molar-refractivity contribution in [2.45, 2.75) is 25.3 Å². The Morgan fingerprint density at radius 2 is 1.96 bits per heavy atom. The minimum Gasteiger partial charge on any atom is -0.492 e. The van der Waals surface area contributed by atoms with Crippen molar-refractivity contribution >= 4 is 11.8 Å². The number of halogens is 1. The van der Waals surface area contributed by atoms with Crippen LogP contribution in [0.4, 0.5) is 4.39 Å². The lowest BCUT2D eigenvalue weighted by Crippen LogP contribution is -2.46. The van der Waals surface area contributed by atoms with Crippen LogP contribution in [0, 0.1) is 5.82 Å². The molecular formula is C22H25FN2O3. The van der Waals surface area contributed by atoms with E-state index in [1.165, 1.54) is 12.1 Å². The fourth-order valence-corrected chi connectivity index (χ4v) is 3.37. The SMILES string of the molecule is CN(CCOc1cccc(F)c1)C(=O)C(c1ccccc1)N1CCCCC1=O. The summed E-state index contributed by atoms with van der Waals surface area (Å²) in [4.78, 5) is 28.9. The number of benzene rings is 2. The number of hydrogen-bond donors (Lipinski definition) is 0. The third kappa shape index (κ3) is 4.88. The molecule has 1 unspecified atom stereocenters. The largest absolute Gasteiger partial charge is 0.492 e. The Kier molecular flexibility index (Phi) is 6.63. The van der Waals surface area contributed by atoms with Crippen LogP contribution >= 0.6 is 0 Å². The van der Waals surface area contributed by atoms with Crippen molar-refractivity contribution < 1.29 is 18.7 Å². The Balaban J connectivity index is 1.68. The summed E-state index contributed by atoms with van der Waals surface area (Å²) in [6.45, 7) is 1.15. The lowest BCUT2D eigenvalue weighted by atomic mass is 10.00. The van der Waals surface area contributed by atoms with E-state index in [-0.39, 0.29) is 24.2 Å². The molecule has 5 nitrogen and oxygen atoms in total. The van der Waals surface area contributed by atoms with E-state index in [1.54, 1.807) is 29.0 Å². The van der Waals surface area contributed by atoms with Crippen LogP contribution in [0.5, 0.6) is 5.75 Å². The van der Waals surface area contributed by atoms with Gasteiger partial charge in [-0.05, 0) is 30.5 Å². The summed E-state index contributed by atoms with van der Waals surface area (Å²) < 4.78 is 18.8. The normalized spacial score (nSPS) is 15.2. The Bertz CT molecular complexity index is 812. The number of likely N-dealkylation sites (N-methyl/N-ethyl adjacent to an activating group) is 1. The molecule has 1 heterocycles. The lowest BCUT2D eigenvalue weighted by molar-refractivity contribution is -0.147. The Hall–Kier alpha value is -2.89. The van der Waals surface area contributed by atoms with Crippen LogP contribution in [0.1, 0.15) is 30.9 Å². The standard InChI is InChI=1S/C22H25FN2O3/c1-24(14-15-28-19-11-7-10-18(23)16-19)22(27)21(17-8-3-2-4-9-17)25-13-6-5-12-20(25)26/h2-4,7-11,16,21H,5-6,12-15H2,1H3. The minimum absolute atomic E-state index is 0.0119. The minimum atomic E-state index is -0.631. The maximum Gasteiger partial charge on any atom is 0.249 e. The van der Waals surface area contributed by atoms with Crippen LogP contribution in [0.2, 0.25) is 0 Å². The number of amides is 2. The van der Waals surface area contributed by atoms with Gasteiger partial charge in [0.15, 0.2) is 0 Å². The highest BCUT2D eigenvalue weighted by atomic mass is 19.1. The van der Waals surface area contributed by atoms with Gasteiger partial charge in [0, 0.05) is 26.1 Å². The molecule has 2 aromatic carbocycles. The highest BCUT2D eigenvalue weighted by Gasteiger charge is 2.34. The quantitative estimate of drug-likeness (QED) is 0.735. The van der Waals surface area contributed by atoms with E-state index in [9.17, 15) is 14.0 Å². The molecule has 0 radical (unpaired) electrons. The molecule has 3 rings (SSSR count). The second-order valence-electron chi connectivity index (χ2n) is 6.92. The van der Waals surface area contributed by atoms with Crippen LogP contribution in [-0.2, 0) is 9.59 Å². The predicted molar refractivity (Wildman–Crippen MR) is 104 cm³/mol. The summed E-state index contributed by atoms with van der Waals surface area (Å²) in [6, 6.07) is 14.7. The van der Waals surface area contributed by atoms with Gasteiger partial charge < -0.3 is 14.5 Å². The summed E-state index contributed by atoms with van der Waals surface area (Å²) in [5, 5.41) is 0. The molecule has 148 valence electrons. The number of ether oxygens (including phenoxy) is 1. The van der Waals surface area contributed by atoms with Crippen LogP contribution < -0.4 is 4.74 Å². The zero-order valence-electron chi connectivity index (χ0n) is 16.0. The van der Waals surface area contributed by atoms with E-state index in [1.807, 2.05) is 30.3 Å². The average Bonchev–Trinajstić information content (AvgIpc) is 2.70. The molecule has 0 aliphatic carbocycles. The molecule has 6 heteroatoms. The molecule has 0 spiro atoms. The number of carbonyl (C=O) groups excluding carboxylic acids is 2. The van der Waals surface area contributed by atoms with Crippen LogP contribution in [0.15, 0.2) is 54.6 Å². The molecule has 1 aliphatic rings. The zero-order chi connectivity index (χ0) is 19.9. The van der Waals surface area contributed by atoms with Crippen molar-refractivity contribution in [3.63, 3.8) is 0 Å². The van der Waals surface area contributed by atoms with Crippen molar-refractivity contribution in [2.24, 2.45) is 0 Å². The van der Waals surface area contributed by atoms with Gasteiger partial charge in [-0.1, -0.05) is 36.4 Å². The molecule has 1 fully saturated rings. The van der Waals surface area contributed by atoms with E-state index in [0.29, 0.717) is 25.3 Å². The van der Waals surface area contributed by atoms with Gasteiger partial charge in [0.25, 0.3) is 0 Å². The number of rotatable bonds is 7. The summed E-state index contributed by atoms with van der Waals surface area (Å²) in [6.07, 6.45) is 2.24. The Morgan fingerprint density at radius 1 is 1.18 bits per heavy atom. The van der Waals surface area contributed by atoms with Crippen molar-refractivity contribution in [2.75, 3.05) is 26.7 Å². The number of carbonyl (C=O) groups is 2. The lowest BCUT2D eigenvalue weighted by Gasteiger charge is -2.36. The molecule has 0 aromatic heterocycles. The van der Waals surface area contributed by atoms with Gasteiger partial charge in [0.05, 0.1) is 6.54 Å². The van der Waals surface area contributed by atoms with Gasteiger partial charge >= 0.3 is 0 Å². The van der Waals surface area contributed by atoms with Gasteiger partial charge in [-0.15, -0.1) is 0 Å². The van der Waals surface area contributed by atoms with Gasteiger partial charge in [0.1, 0.15) is 24.2 Å². The highest BCUT2D eigenvalue weighted by Crippen LogP contribution is 2.27. The van der Waals surface area contributed by atoms with E-state index in [4.69, 9.17) is 4.74 Å². The van der Waals surface area contributed by atoms with Gasteiger partial charge in [-0.3, -0.25) is 9.59 Å². The van der Waals surface area contributed by atoms with Crippen molar-refractivity contribution in [3.05, 3.63) is 66.0 Å². The molecule has 28 heavy (non-hydrogen) atoms. The van der Waals surface area contributed by atoms with E-state index >= 15 is 0 Å². The van der Waals surface area contributed by atoms with Gasteiger partial charge in [0.2, 0.25) is 11.8 Å². The number of likely N-dealkylation sites (tertiary alicyclic amines) is 1. The first-order chi connectivity index (χ1) is 13.6. The topological polar surface area (TPSA) is 49.9 Å². The first-order valence-corrected chi connectivity index (χ1v) is 9.54. The monoisotopic (exact) mass is 384 g/mol. The first-order valence-electron chi connectivity index (χ1n) is 9.54. The molecule has 1 saturated heterocycles. The summed E-state index contributed by atoms with van der Waals surface area (Å²) in [5.41, 5.74) is 0.806. The van der Waals surface area contributed by atoms with Crippen LogP contribution in [0.25, 0.3) is 0 Å². The fourth-order valence-electron chi connectivity index (χ4n) is 3.37. The molecule has 2 aromatic rings. The maximum absolute atomic E-state index is 13.2. The van der Waals surface area contributed by atoms with E-state index < -0.39 is 6.04 Å². The van der Waals surface area contributed by atoms with Crippen LogP contribution in [0.3, 0.4) is 0 Å². The smallest absolute Gasteiger partial charge is 0.249 e. The molecule has 1 aliphatic heterocycles. The number of piperidine rings is 1. The van der Waals surface area contributed by atoms with Crippen LogP contribution in [-0.4, -0.2) is 48.4 Å². The summed E-state index contributed by atoms with van der Waals surface area (Å²) in [5.74, 6) is -0.0801. The highest BCUT2D eigenvalue weighted by molar-refractivity contribution is 5.89. The third-order valence-electron chi connectivity index (χ3n) is 4.89. The number of nitrogens with zero attached hydrogens (tertiary/aromatic N) is 2. The molecule has 1 atom stereocenters. The first kappa shape index (κ1) is 19.9. The maximum atomic E-state index is 13.2. The summed E-state index contributed by atoms with van der Waals surface area (Å²) in [7, 11) is 1.70. The zero-order valence-corrected chi connectivity index (χ0v) is 16.0. The Morgan fingerprint density at radius 3 is 2.68 bits per heavy atom. The average molecular weight is 384 g/mol. The van der Waals surface area contributed by atoms with E-state index in [2.05, 4.69) is 0 Å². The van der Waals surface area contributed by atoms with Crippen molar-refractivity contribution in [1.82, 2.24) is 9.80 Å². The predicted octanol–water partition coefficient (Wildman–Crippen LogP) is 3.42. The number of hydrogen-bond acceptors (Lipinski definition) is 3. The fraction of sp³-hybridized carbons (Fsp3) is 0.364. The third-order valence-corrected chi connectivity index (χ3v) is 4.89. The molecule has 0 saturated carbocycles. The Labute approximate surface area is 164 Å². The summed E-state index contributed by atoms with van der Waals surface area (Å²) >= 11 is 0. The second-order valence-corrected chi connectivity index (χ2v) is 6.92. The van der Waals surface area contributed by atoms with Gasteiger partial charge in [-0.25, -0.2) is 4.39 Å². The second kappa shape index (κ2) is 9.35.